The maximum Gasteiger partial charge on any atom is 0.223 e. The molecule has 0 saturated carbocycles. The van der Waals surface area contributed by atoms with Gasteiger partial charge in [0.25, 0.3) is 0 Å². The average Bonchev–Trinajstić information content (AvgIpc) is 2.62. The number of fused-ring (bicyclic) bond motifs is 1. The zero-order chi connectivity index (χ0) is 17.6. The third-order valence-corrected chi connectivity index (χ3v) is 4.09. The molecular weight excluding hydrogens is 317 g/mol. The van der Waals surface area contributed by atoms with E-state index in [1.807, 2.05) is 31.2 Å². The molecule has 0 aromatic heterocycles. The zero-order valence-electron chi connectivity index (χ0n) is 14.0. The standard InChI is InChI=1S/C21H20FNO2/c1-15(17-10-6-8-16-7-2-3-9-18(16)17)23-21(24)13-14-25-20-12-5-4-11-19(20)22/h2-12,15H,13-14H2,1H3,(H,23,24). The fraction of sp³-hybridized carbons (Fsp3) is 0.190. The fourth-order valence-electron chi connectivity index (χ4n) is 2.83. The van der Waals surface area contributed by atoms with Crippen LogP contribution in [0.5, 0.6) is 5.75 Å². The predicted molar refractivity (Wildman–Crippen MR) is 97.0 cm³/mol. The molecule has 0 aliphatic rings. The van der Waals surface area contributed by atoms with Crippen LogP contribution >= 0.6 is 0 Å². The summed E-state index contributed by atoms with van der Waals surface area (Å²) in [6, 6.07) is 20.2. The summed E-state index contributed by atoms with van der Waals surface area (Å²) in [6.45, 7) is 2.09. The first-order valence-electron chi connectivity index (χ1n) is 8.29. The van der Waals surface area contributed by atoms with Gasteiger partial charge in [0.1, 0.15) is 0 Å². The van der Waals surface area contributed by atoms with E-state index in [0.717, 1.165) is 16.3 Å². The van der Waals surface area contributed by atoms with Gasteiger partial charge in [-0.2, -0.15) is 0 Å². The molecule has 0 bridgehead atoms. The van der Waals surface area contributed by atoms with Crippen molar-refractivity contribution in [2.75, 3.05) is 6.61 Å². The van der Waals surface area contributed by atoms with Gasteiger partial charge >= 0.3 is 0 Å². The second kappa shape index (κ2) is 7.79. The molecule has 0 aliphatic heterocycles. The van der Waals surface area contributed by atoms with Crippen LogP contribution < -0.4 is 10.1 Å². The highest BCUT2D eigenvalue weighted by molar-refractivity contribution is 5.86. The summed E-state index contributed by atoms with van der Waals surface area (Å²) in [5.41, 5.74) is 1.07. The Labute approximate surface area is 146 Å². The molecule has 0 spiro atoms. The monoisotopic (exact) mass is 337 g/mol. The summed E-state index contributed by atoms with van der Waals surface area (Å²) in [6.07, 6.45) is 0.170. The van der Waals surface area contributed by atoms with Crippen molar-refractivity contribution in [2.24, 2.45) is 0 Å². The molecule has 3 aromatic carbocycles. The Kier molecular flexibility index (Phi) is 5.29. The van der Waals surface area contributed by atoms with Crippen LogP contribution in [0.25, 0.3) is 10.8 Å². The SMILES string of the molecule is CC(NC(=O)CCOc1ccccc1F)c1cccc2ccccc12. The second-order valence-corrected chi connectivity index (χ2v) is 5.89. The molecule has 0 aliphatic carbocycles. The van der Waals surface area contributed by atoms with Crippen LogP contribution in [0.2, 0.25) is 0 Å². The van der Waals surface area contributed by atoms with Crippen molar-refractivity contribution in [1.82, 2.24) is 5.32 Å². The highest BCUT2D eigenvalue weighted by Crippen LogP contribution is 2.24. The Morgan fingerprint density at radius 3 is 2.60 bits per heavy atom. The van der Waals surface area contributed by atoms with Gasteiger partial charge in [-0.25, -0.2) is 4.39 Å². The van der Waals surface area contributed by atoms with Gasteiger partial charge < -0.3 is 10.1 Å². The molecular formula is C21H20FNO2. The molecule has 25 heavy (non-hydrogen) atoms. The zero-order valence-corrected chi connectivity index (χ0v) is 14.0. The number of para-hydroxylation sites is 1. The molecule has 3 nitrogen and oxygen atoms in total. The van der Waals surface area contributed by atoms with Gasteiger partial charge in [0.2, 0.25) is 5.91 Å². The predicted octanol–water partition coefficient (Wildman–Crippen LogP) is 4.63. The molecule has 0 radical (unpaired) electrons. The first kappa shape index (κ1) is 17.0. The van der Waals surface area contributed by atoms with E-state index in [2.05, 4.69) is 23.5 Å². The van der Waals surface area contributed by atoms with E-state index in [-0.39, 0.29) is 30.7 Å². The topological polar surface area (TPSA) is 38.3 Å². The Morgan fingerprint density at radius 2 is 1.76 bits per heavy atom. The quantitative estimate of drug-likeness (QED) is 0.712. The number of halogens is 1. The lowest BCUT2D eigenvalue weighted by Gasteiger charge is -2.17. The molecule has 0 fully saturated rings. The van der Waals surface area contributed by atoms with Gasteiger partial charge in [-0.3, -0.25) is 4.79 Å². The van der Waals surface area contributed by atoms with Crippen LogP contribution in [0.1, 0.15) is 24.9 Å². The van der Waals surface area contributed by atoms with Gasteiger partial charge in [0.05, 0.1) is 19.1 Å². The largest absolute Gasteiger partial charge is 0.490 e. The number of rotatable bonds is 6. The minimum atomic E-state index is -0.424. The maximum absolute atomic E-state index is 13.5. The molecule has 4 heteroatoms. The van der Waals surface area contributed by atoms with Crippen LogP contribution in [0.4, 0.5) is 4.39 Å². The fourth-order valence-corrected chi connectivity index (χ4v) is 2.83. The molecule has 3 rings (SSSR count). The molecule has 1 N–H and O–H groups in total. The first-order chi connectivity index (χ1) is 12.1. The Hall–Kier alpha value is -2.88. The Morgan fingerprint density at radius 1 is 1.04 bits per heavy atom. The number of carbonyl (C=O) groups is 1. The lowest BCUT2D eigenvalue weighted by Crippen LogP contribution is -2.28. The highest BCUT2D eigenvalue weighted by Gasteiger charge is 2.12. The highest BCUT2D eigenvalue weighted by atomic mass is 19.1. The van der Waals surface area contributed by atoms with Crippen molar-refractivity contribution in [3.63, 3.8) is 0 Å². The molecule has 3 aromatic rings. The summed E-state index contributed by atoms with van der Waals surface area (Å²) in [5, 5.41) is 5.24. The van der Waals surface area contributed by atoms with E-state index in [1.54, 1.807) is 18.2 Å². The second-order valence-electron chi connectivity index (χ2n) is 5.89. The lowest BCUT2D eigenvalue weighted by atomic mass is 9.99. The van der Waals surface area contributed by atoms with Crippen molar-refractivity contribution in [2.45, 2.75) is 19.4 Å². The van der Waals surface area contributed by atoms with Gasteiger partial charge in [-0.15, -0.1) is 0 Å². The smallest absolute Gasteiger partial charge is 0.223 e. The average molecular weight is 337 g/mol. The van der Waals surface area contributed by atoms with E-state index in [9.17, 15) is 9.18 Å². The van der Waals surface area contributed by atoms with Crippen molar-refractivity contribution < 1.29 is 13.9 Å². The number of nitrogens with one attached hydrogen (secondary N) is 1. The minimum absolute atomic E-state index is 0.118. The maximum atomic E-state index is 13.5. The van der Waals surface area contributed by atoms with E-state index >= 15 is 0 Å². The number of hydrogen-bond acceptors (Lipinski definition) is 2. The number of ether oxygens (including phenoxy) is 1. The molecule has 1 atom stereocenters. The summed E-state index contributed by atoms with van der Waals surface area (Å²) in [7, 11) is 0. The molecule has 0 saturated heterocycles. The van der Waals surface area contributed by atoms with Gasteiger partial charge in [-0.05, 0) is 35.4 Å². The van der Waals surface area contributed by atoms with Gasteiger partial charge in [-0.1, -0.05) is 54.6 Å². The number of carbonyl (C=O) groups excluding carboxylic acids is 1. The van der Waals surface area contributed by atoms with E-state index in [0.29, 0.717) is 0 Å². The van der Waals surface area contributed by atoms with Crippen molar-refractivity contribution in [3.8, 4) is 5.75 Å². The summed E-state index contributed by atoms with van der Waals surface area (Å²) in [4.78, 5) is 12.2. The number of amides is 1. The van der Waals surface area contributed by atoms with E-state index in [1.165, 1.54) is 6.07 Å². The van der Waals surface area contributed by atoms with Crippen LogP contribution in [-0.4, -0.2) is 12.5 Å². The van der Waals surface area contributed by atoms with Crippen molar-refractivity contribution in [3.05, 3.63) is 78.1 Å². The Bertz CT molecular complexity index is 873. The first-order valence-corrected chi connectivity index (χ1v) is 8.29. The van der Waals surface area contributed by atoms with Crippen LogP contribution in [-0.2, 0) is 4.79 Å². The van der Waals surface area contributed by atoms with Gasteiger partial charge in [0.15, 0.2) is 11.6 Å². The molecule has 0 heterocycles. The minimum Gasteiger partial charge on any atom is -0.490 e. The van der Waals surface area contributed by atoms with E-state index in [4.69, 9.17) is 4.74 Å². The van der Waals surface area contributed by atoms with E-state index < -0.39 is 5.82 Å². The summed E-state index contributed by atoms with van der Waals surface area (Å²) >= 11 is 0. The molecule has 1 unspecified atom stereocenters. The lowest BCUT2D eigenvalue weighted by molar-refractivity contribution is -0.122. The molecule has 128 valence electrons. The normalized spacial score (nSPS) is 11.9. The van der Waals surface area contributed by atoms with Crippen LogP contribution in [0.3, 0.4) is 0 Å². The summed E-state index contributed by atoms with van der Waals surface area (Å²) in [5.74, 6) is -0.388. The van der Waals surface area contributed by atoms with Crippen LogP contribution in [0, 0.1) is 5.82 Å². The van der Waals surface area contributed by atoms with Crippen molar-refractivity contribution in [1.29, 1.82) is 0 Å². The third-order valence-electron chi connectivity index (χ3n) is 4.09. The number of hydrogen-bond donors (Lipinski definition) is 1. The third kappa shape index (κ3) is 4.15. The van der Waals surface area contributed by atoms with Crippen molar-refractivity contribution >= 4 is 16.7 Å². The number of benzene rings is 3. The molecule has 1 amide bonds. The Balaban J connectivity index is 1.58. The van der Waals surface area contributed by atoms with Gasteiger partial charge in [0, 0.05) is 0 Å². The summed E-state index contributed by atoms with van der Waals surface area (Å²) < 4.78 is 18.8. The van der Waals surface area contributed by atoms with Crippen LogP contribution in [0.15, 0.2) is 66.7 Å².